The van der Waals surface area contributed by atoms with E-state index in [0.29, 0.717) is 21.4 Å². The molecule has 18 nitrogen and oxygen atoms in total. The van der Waals surface area contributed by atoms with E-state index in [1.54, 1.807) is 0 Å². The van der Waals surface area contributed by atoms with Gasteiger partial charge in [-0.15, -0.1) is 0 Å². The van der Waals surface area contributed by atoms with Gasteiger partial charge in [-0.1, -0.05) is 78.9 Å². The number of nitrogen functional groups attached to an aromatic ring is 2. The van der Waals surface area contributed by atoms with Crippen LogP contribution >= 0.6 is 15.9 Å². The molecule has 2 amide bonds. The predicted octanol–water partition coefficient (Wildman–Crippen LogP) is 6.17. The summed E-state index contributed by atoms with van der Waals surface area (Å²) < 4.78 is 64.1. The number of sulfonamides is 2. The zero-order chi connectivity index (χ0) is 53.8. The number of allylic oxidation sites excluding steroid dienone is 2. The number of carbonyl (C=O) groups excluding carboxylic acids is 4. The third-order valence-corrected chi connectivity index (χ3v) is 15.5. The molecule has 1 saturated heterocycles. The van der Waals surface area contributed by atoms with Gasteiger partial charge in [-0.2, -0.15) is 0 Å². The molecule has 6 aromatic rings. The minimum absolute atomic E-state index is 0.0181. The van der Waals surface area contributed by atoms with E-state index in [2.05, 4.69) is 106 Å². The topological polar surface area (TPSA) is 283 Å². The maximum atomic E-state index is 12.9. The second-order valence-corrected chi connectivity index (χ2v) is 22.6. The van der Waals surface area contributed by atoms with E-state index < -0.39 is 31.9 Å². The molecule has 6 N–H and O–H groups in total. The van der Waals surface area contributed by atoms with Crippen molar-refractivity contribution in [3.63, 3.8) is 0 Å². The molecule has 74 heavy (non-hydrogen) atoms. The number of fused-ring (bicyclic) bond motifs is 2. The quantitative estimate of drug-likeness (QED) is 0.0787. The van der Waals surface area contributed by atoms with Crippen LogP contribution in [0.5, 0.6) is 0 Å². The van der Waals surface area contributed by atoms with Gasteiger partial charge in [-0.3, -0.25) is 19.2 Å². The van der Waals surface area contributed by atoms with Crippen molar-refractivity contribution in [2.24, 2.45) is 0 Å². The van der Waals surface area contributed by atoms with Crippen LogP contribution in [0.25, 0.3) is 23.4 Å². The summed E-state index contributed by atoms with van der Waals surface area (Å²) >= 11 is 3.12. The Hall–Kier alpha value is -7.24. The molecule has 0 atom stereocenters. The molecule has 1 fully saturated rings. The monoisotopic (exact) mass is 1100 g/mol. The van der Waals surface area contributed by atoms with Gasteiger partial charge in [0.1, 0.15) is 16.0 Å². The number of ketones is 2. The molecule has 3 aliphatic rings. The molecule has 0 radical (unpaired) electrons. The van der Waals surface area contributed by atoms with Crippen LogP contribution in [0.1, 0.15) is 95.9 Å². The summed E-state index contributed by atoms with van der Waals surface area (Å²) in [7, 11) is -8.09. The molecule has 2 aliphatic carbocycles. The number of carbonyl (C=O) groups is 4. The number of amides is 2. The van der Waals surface area contributed by atoms with Crippen LogP contribution in [-0.4, -0.2) is 78.5 Å². The van der Waals surface area contributed by atoms with E-state index in [0.717, 1.165) is 43.3 Å². The molecule has 9 rings (SSSR count). The van der Waals surface area contributed by atoms with Gasteiger partial charge in [-0.25, -0.2) is 46.2 Å². The third kappa shape index (κ3) is 13.1. The Labute approximate surface area is 437 Å². The maximum Gasteiger partial charge on any atom is 0.494 e. The van der Waals surface area contributed by atoms with Crippen molar-refractivity contribution in [1.82, 2.24) is 29.4 Å². The number of hydrogen-bond acceptors (Lipinski definition) is 16. The molecular formula is C52H52BBrN8O10S2. The fourth-order valence-electron chi connectivity index (χ4n) is 7.75. The molecule has 3 heterocycles. The zero-order valence-corrected chi connectivity index (χ0v) is 44.4. The van der Waals surface area contributed by atoms with E-state index >= 15 is 0 Å². The Morgan fingerprint density at radius 3 is 1.57 bits per heavy atom. The summed E-state index contributed by atoms with van der Waals surface area (Å²) in [5, 5.41) is 0. The third-order valence-electron chi connectivity index (χ3n) is 12.3. The Kier molecular flexibility index (Phi) is 16.3. The fraction of sp³-hybridized carbons (Fsp3) is 0.231. The molecule has 0 unspecified atom stereocenters. The average Bonchev–Trinajstić information content (AvgIpc) is 4.06. The summed E-state index contributed by atoms with van der Waals surface area (Å²) in [6, 6.07) is 23.7. The van der Waals surface area contributed by atoms with Crippen LogP contribution in [0.3, 0.4) is 0 Å². The molecule has 0 spiro atoms. The lowest BCUT2D eigenvalue weighted by Crippen LogP contribution is -2.41. The summed E-state index contributed by atoms with van der Waals surface area (Å²) in [5.74, 6) is -1.99. The Morgan fingerprint density at radius 2 is 1.08 bits per heavy atom. The Bertz CT molecular complexity index is 3470. The van der Waals surface area contributed by atoms with Crippen LogP contribution in [0.15, 0.2) is 124 Å². The van der Waals surface area contributed by atoms with E-state index in [9.17, 15) is 36.0 Å². The van der Waals surface area contributed by atoms with Crippen molar-refractivity contribution in [2.45, 2.75) is 88.2 Å². The normalized spacial score (nSPS) is 14.7. The van der Waals surface area contributed by atoms with Gasteiger partial charge in [0.2, 0.25) is 11.8 Å². The highest BCUT2D eigenvalue weighted by Crippen LogP contribution is 2.37. The summed E-state index contributed by atoms with van der Waals surface area (Å²) in [6.45, 7) is 10.6. The molecule has 0 bridgehead atoms. The lowest BCUT2D eigenvalue weighted by molar-refractivity contribution is -0.118. The van der Waals surface area contributed by atoms with Crippen LogP contribution in [0.2, 0.25) is 0 Å². The lowest BCUT2D eigenvalue weighted by atomic mass is 9.78. The second kappa shape index (κ2) is 22.1. The first-order valence-electron chi connectivity index (χ1n) is 23.0. The van der Waals surface area contributed by atoms with Crippen molar-refractivity contribution in [1.29, 1.82) is 0 Å². The van der Waals surface area contributed by atoms with Gasteiger partial charge in [0.25, 0.3) is 20.0 Å². The highest BCUT2D eigenvalue weighted by molar-refractivity contribution is 9.10. The highest BCUT2D eigenvalue weighted by Gasteiger charge is 2.51. The first kappa shape index (κ1) is 54.5. The van der Waals surface area contributed by atoms with Crippen molar-refractivity contribution in [2.75, 3.05) is 11.5 Å². The largest absolute Gasteiger partial charge is 0.494 e. The Morgan fingerprint density at radius 1 is 0.635 bits per heavy atom. The van der Waals surface area contributed by atoms with E-state index in [1.165, 1.54) is 77.6 Å². The molecule has 382 valence electrons. The molecular weight excluding hydrogens is 1050 g/mol. The first-order valence-corrected chi connectivity index (χ1v) is 26.7. The van der Waals surface area contributed by atoms with E-state index in [-0.39, 0.29) is 75.5 Å². The average molecular weight is 1100 g/mol. The van der Waals surface area contributed by atoms with Gasteiger partial charge in [0.15, 0.2) is 23.2 Å². The minimum Gasteiger partial charge on any atom is -0.399 e. The fourth-order valence-corrected chi connectivity index (χ4v) is 10.0. The predicted molar refractivity (Wildman–Crippen MR) is 285 cm³/mol. The van der Waals surface area contributed by atoms with Gasteiger partial charge in [0, 0.05) is 32.3 Å². The van der Waals surface area contributed by atoms with Gasteiger partial charge in [-0.05, 0) is 126 Å². The number of rotatable bonds is 12. The van der Waals surface area contributed by atoms with Crippen molar-refractivity contribution >= 4 is 95.7 Å². The van der Waals surface area contributed by atoms with Gasteiger partial charge >= 0.3 is 7.12 Å². The maximum absolute atomic E-state index is 12.9. The second-order valence-electron chi connectivity index (χ2n) is 18.4. The van der Waals surface area contributed by atoms with Crippen LogP contribution in [0, 0.1) is 0 Å². The van der Waals surface area contributed by atoms with Crippen molar-refractivity contribution < 1.29 is 45.3 Å². The number of nitrogens with two attached hydrogens (primary N) is 2. The molecule has 22 heteroatoms. The summed E-state index contributed by atoms with van der Waals surface area (Å²) in [5.41, 5.74) is 19.8. The summed E-state index contributed by atoms with van der Waals surface area (Å²) in [4.78, 5) is 63.3. The first-order chi connectivity index (χ1) is 34.8. The lowest BCUT2D eigenvalue weighted by Gasteiger charge is -2.32. The number of anilines is 2. The zero-order valence-electron chi connectivity index (χ0n) is 41.2. The number of benzene rings is 4. The Balaban J connectivity index is 0.000000169. The number of aromatic nitrogens is 4. The minimum atomic E-state index is -3.94. The van der Waals surface area contributed by atoms with Crippen LogP contribution in [0.4, 0.5) is 11.6 Å². The van der Waals surface area contributed by atoms with Gasteiger partial charge < -0.3 is 20.8 Å². The van der Waals surface area contributed by atoms with Crippen LogP contribution < -0.4 is 26.4 Å². The molecule has 4 aromatic carbocycles. The smallest absolute Gasteiger partial charge is 0.399 e. The van der Waals surface area contributed by atoms with E-state index in [4.69, 9.17) is 20.8 Å². The van der Waals surface area contributed by atoms with E-state index in [1.807, 2.05) is 27.6 Å². The highest BCUT2D eigenvalue weighted by atomic mass is 79.9. The summed E-state index contributed by atoms with van der Waals surface area (Å²) in [6.07, 6.45) is 13.3. The van der Waals surface area contributed by atoms with Crippen molar-refractivity contribution in [3.8, 4) is 11.3 Å². The molecule has 0 saturated carbocycles. The molecule has 2 aromatic heterocycles. The van der Waals surface area contributed by atoms with Crippen molar-refractivity contribution in [3.05, 3.63) is 159 Å². The van der Waals surface area contributed by atoms with Gasteiger partial charge in [0.05, 0.1) is 39.1 Å². The number of halogens is 1. The molecule has 1 aliphatic heterocycles. The number of nitrogens with zero attached hydrogens (tertiary/aromatic N) is 4. The number of nitrogens with one attached hydrogen (secondary N) is 2. The standard InChI is InChI=1S/C23H20N4O4S.C15H19BO2.C14H13BrN4O4S/c1-14(28)27-32(30,31)19-9-5-15(6-10-19)11-21(29)22-23(24)25-13-20(26-22)18-8-7-16-3-2-4-17(16)12-18;1-14(2)15(3,4)18-16(17-14)13-9-8-11-6-5-7-12(11)10-13;1-8(20)19-24(22,23)10-4-2-9(3-5-10)6-11(21)13-14(16)17-7-12(15)18-13/h2-3,5-10,12-13H,4,11H2,1H3,(H2,24,25)(H,27,28);5-6,8-10H,7H2,1-4H3;2-5,7H,6H2,1H3,(H2,16,17)(H,19,20). The number of Topliss-reactive ketones (excluding diaryl/α,β-unsaturated/α-hetero) is 2. The SMILES string of the molecule is CC(=O)NS(=O)(=O)c1ccc(CC(=O)c2nc(-c3ccc4c(c3)CC=C4)cnc2N)cc1.CC(=O)NS(=O)(=O)c1ccc(CC(=O)c2nc(Br)cnc2N)cc1.CC1(C)OB(c2ccc3c(c2)CC=C3)OC1(C)C. The number of hydrogen-bond donors (Lipinski definition) is 4. The van der Waals surface area contributed by atoms with Crippen LogP contribution in [-0.2, 0) is 64.6 Å².